The third-order valence-corrected chi connectivity index (χ3v) is 2.60. The molecule has 0 fully saturated rings. The fraction of sp³-hybridized carbons (Fsp3) is 0.364. The summed E-state index contributed by atoms with van der Waals surface area (Å²) < 4.78 is 33.8. The molecule has 1 rings (SSSR count). The van der Waals surface area contributed by atoms with Gasteiger partial charge in [-0.15, -0.1) is 4.33 Å². The number of halogens is 2. The summed E-state index contributed by atoms with van der Waals surface area (Å²) in [7, 11) is 0. The van der Waals surface area contributed by atoms with Crippen LogP contribution in [0.25, 0.3) is 0 Å². The van der Waals surface area contributed by atoms with Crippen LogP contribution in [-0.2, 0) is 25.3 Å². The quantitative estimate of drug-likeness (QED) is 0.261. The molecular weight excluding hydrogens is 282 g/mol. The maximum Gasteiger partial charge on any atom is 0.415 e. The fourth-order valence-corrected chi connectivity index (χ4v) is 1.50. The van der Waals surface area contributed by atoms with Crippen molar-refractivity contribution in [2.24, 2.45) is 0 Å². The fourth-order valence-electron chi connectivity index (χ4n) is 1.26. The van der Waals surface area contributed by atoms with Crippen LogP contribution in [0.4, 0.5) is 8.78 Å². The Hall–Kier alpha value is -1.22. The van der Waals surface area contributed by atoms with E-state index in [0.717, 1.165) is 5.56 Å². The van der Waals surface area contributed by atoms with Crippen molar-refractivity contribution in [3.05, 3.63) is 35.9 Å². The van der Waals surface area contributed by atoms with Gasteiger partial charge < -0.3 is 4.74 Å². The van der Waals surface area contributed by atoms with Crippen LogP contribution in [0, 0.1) is 0 Å². The van der Waals surface area contributed by atoms with E-state index >= 15 is 0 Å². The molecule has 106 valence electrons. The van der Waals surface area contributed by atoms with E-state index in [0.29, 0.717) is 12.8 Å². The number of ether oxygens (including phenoxy) is 1. The zero-order valence-corrected chi connectivity index (χ0v) is 10.6. The molecule has 0 aliphatic heterocycles. The highest BCUT2D eigenvalue weighted by Crippen LogP contribution is 2.31. The van der Waals surface area contributed by atoms with E-state index < -0.39 is 23.3 Å². The van der Waals surface area contributed by atoms with Crippen molar-refractivity contribution in [1.29, 1.82) is 0 Å². The van der Waals surface area contributed by atoms with Crippen LogP contribution in [0.15, 0.2) is 30.3 Å². The highest BCUT2D eigenvalue weighted by Gasteiger charge is 2.44. The number of benzene rings is 1. The standard InChI is InChI=1S/C11H12F2O5S/c12-11(13,19-18-17-15)10(14)16-8-4-7-9-5-2-1-3-6-9/h1-3,5-6,15H,4,7-8H2. The molecule has 0 aliphatic rings. The van der Waals surface area contributed by atoms with Gasteiger partial charge in [0.25, 0.3) is 0 Å². The molecule has 0 aromatic heterocycles. The Labute approximate surface area is 112 Å². The van der Waals surface area contributed by atoms with Gasteiger partial charge in [0.15, 0.2) is 0 Å². The number of alkyl halides is 2. The van der Waals surface area contributed by atoms with Crippen LogP contribution in [0.3, 0.4) is 0 Å². The minimum atomic E-state index is -3.94. The van der Waals surface area contributed by atoms with E-state index in [2.05, 4.69) is 14.1 Å². The second-order valence-corrected chi connectivity index (χ2v) is 4.28. The molecule has 0 spiro atoms. The predicted molar refractivity (Wildman–Crippen MR) is 63.1 cm³/mol. The number of hydrogen-bond donors (Lipinski definition) is 1. The van der Waals surface area contributed by atoms with Gasteiger partial charge in [0.05, 0.1) is 6.61 Å². The molecule has 8 heteroatoms. The lowest BCUT2D eigenvalue weighted by molar-refractivity contribution is -0.433. The van der Waals surface area contributed by atoms with E-state index in [-0.39, 0.29) is 6.61 Å². The van der Waals surface area contributed by atoms with Crippen LogP contribution in [0.1, 0.15) is 12.0 Å². The Balaban J connectivity index is 2.23. The van der Waals surface area contributed by atoms with E-state index in [4.69, 9.17) is 5.26 Å². The lowest BCUT2D eigenvalue weighted by Gasteiger charge is -2.12. The lowest BCUT2D eigenvalue weighted by atomic mass is 10.1. The monoisotopic (exact) mass is 294 g/mol. The number of carbonyl (C=O) groups excluding carboxylic acids is 1. The number of carbonyl (C=O) groups is 1. The van der Waals surface area contributed by atoms with Crippen molar-refractivity contribution < 1.29 is 32.9 Å². The first-order chi connectivity index (χ1) is 9.06. The average Bonchev–Trinajstić information content (AvgIpc) is 2.42. The third kappa shape index (κ3) is 5.97. The molecule has 1 aromatic carbocycles. The van der Waals surface area contributed by atoms with E-state index in [9.17, 15) is 13.6 Å². The Morgan fingerprint density at radius 3 is 2.63 bits per heavy atom. The summed E-state index contributed by atoms with van der Waals surface area (Å²) in [6.07, 6.45) is 1.04. The first-order valence-corrected chi connectivity index (χ1v) is 6.05. The van der Waals surface area contributed by atoms with Crippen molar-refractivity contribution in [3.8, 4) is 0 Å². The van der Waals surface area contributed by atoms with Gasteiger partial charge in [-0.3, -0.25) is 0 Å². The smallest absolute Gasteiger partial charge is 0.415 e. The highest BCUT2D eigenvalue weighted by atomic mass is 32.2. The van der Waals surface area contributed by atoms with Crippen molar-refractivity contribution >= 4 is 18.0 Å². The molecule has 0 saturated carbocycles. The normalized spacial score (nSPS) is 11.3. The van der Waals surface area contributed by atoms with Gasteiger partial charge >= 0.3 is 11.2 Å². The first-order valence-electron chi connectivity index (χ1n) is 5.31. The molecule has 0 radical (unpaired) electrons. The Morgan fingerprint density at radius 2 is 2.00 bits per heavy atom. The summed E-state index contributed by atoms with van der Waals surface area (Å²) in [6.45, 7) is -0.135. The molecule has 0 amide bonds. The van der Waals surface area contributed by atoms with Crippen LogP contribution < -0.4 is 0 Å². The van der Waals surface area contributed by atoms with E-state index in [1.165, 1.54) is 0 Å². The summed E-state index contributed by atoms with van der Waals surface area (Å²) in [6, 6.07) is 9.36. The molecule has 0 unspecified atom stereocenters. The number of hydrogen-bond acceptors (Lipinski definition) is 6. The van der Waals surface area contributed by atoms with Gasteiger partial charge in [-0.25, -0.2) is 10.1 Å². The summed E-state index contributed by atoms with van der Waals surface area (Å²) in [5, 5.41) is 6.77. The van der Waals surface area contributed by atoms with Crippen molar-refractivity contribution in [2.45, 2.75) is 18.1 Å². The number of rotatable bonds is 8. The van der Waals surface area contributed by atoms with Gasteiger partial charge in [0.1, 0.15) is 12.0 Å². The molecule has 5 nitrogen and oxygen atoms in total. The topological polar surface area (TPSA) is 65.0 Å². The van der Waals surface area contributed by atoms with Gasteiger partial charge in [-0.1, -0.05) is 35.4 Å². The van der Waals surface area contributed by atoms with Gasteiger partial charge in [0, 0.05) is 0 Å². The maximum atomic E-state index is 12.9. The third-order valence-electron chi connectivity index (χ3n) is 2.09. The predicted octanol–water partition coefficient (Wildman–Crippen LogP) is 2.82. The largest absolute Gasteiger partial charge is 0.460 e. The van der Waals surface area contributed by atoms with Crippen LogP contribution in [0.5, 0.6) is 0 Å². The van der Waals surface area contributed by atoms with Crippen LogP contribution in [-0.4, -0.2) is 23.1 Å². The lowest BCUT2D eigenvalue weighted by Crippen LogP contribution is -2.27. The molecule has 19 heavy (non-hydrogen) atoms. The zero-order valence-electron chi connectivity index (χ0n) is 9.75. The van der Waals surface area contributed by atoms with E-state index in [1.807, 2.05) is 30.3 Å². The highest BCUT2D eigenvalue weighted by molar-refractivity contribution is 7.96. The van der Waals surface area contributed by atoms with E-state index in [1.54, 1.807) is 0 Å². The Kier molecular flexibility index (Phi) is 6.71. The number of esters is 1. The summed E-state index contributed by atoms with van der Waals surface area (Å²) in [5.74, 6) is -1.75. The average molecular weight is 294 g/mol. The SMILES string of the molecule is O=C(OCCCc1ccccc1)C(F)(F)SOOO. The minimum absolute atomic E-state index is 0.135. The van der Waals surface area contributed by atoms with Crippen LogP contribution in [0.2, 0.25) is 0 Å². The Bertz CT molecular complexity index is 388. The van der Waals surface area contributed by atoms with Gasteiger partial charge in [-0.2, -0.15) is 8.78 Å². The molecular formula is C11H12F2O5S. The van der Waals surface area contributed by atoms with Gasteiger partial charge in [0.2, 0.25) is 0 Å². The molecule has 0 heterocycles. The second kappa shape index (κ2) is 8.05. The summed E-state index contributed by atoms with van der Waals surface area (Å²) in [5.41, 5.74) is 1.02. The molecule has 0 aliphatic carbocycles. The second-order valence-electron chi connectivity index (χ2n) is 3.47. The number of aryl methyl sites for hydroxylation is 1. The molecule has 1 aromatic rings. The molecule has 0 saturated heterocycles. The molecule has 1 N–H and O–H groups in total. The molecule has 0 bridgehead atoms. The Morgan fingerprint density at radius 1 is 1.32 bits per heavy atom. The minimum Gasteiger partial charge on any atom is -0.460 e. The molecule has 0 atom stereocenters. The van der Waals surface area contributed by atoms with Crippen molar-refractivity contribution in [3.63, 3.8) is 0 Å². The zero-order chi connectivity index (χ0) is 14.1. The van der Waals surface area contributed by atoms with Crippen LogP contribution >= 0.6 is 12.0 Å². The van der Waals surface area contributed by atoms with Gasteiger partial charge in [-0.05, 0) is 18.4 Å². The van der Waals surface area contributed by atoms with Crippen molar-refractivity contribution in [2.75, 3.05) is 6.61 Å². The van der Waals surface area contributed by atoms with Crippen molar-refractivity contribution in [1.82, 2.24) is 0 Å². The first kappa shape index (κ1) is 15.8. The maximum absolute atomic E-state index is 12.9. The summed E-state index contributed by atoms with van der Waals surface area (Å²) in [4.78, 5) is 11.0. The summed E-state index contributed by atoms with van der Waals surface area (Å²) >= 11 is -0.639.